The van der Waals surface area contributed by atoms with E-state index in [1.807, 2.05) is 0 Å². The molecule has 0 aromatic heterocycles. The second-order valence-corrected chi connectivity index (χ2v) is 8.09. The van der Waals surface area contributed by atoms with Crippen molar-refractivity contribution in [2.45, 2.75) is 11.3 Å². The lowest BCUT2D eigenvalue weighted by Crippen LogP contribution is -2.31. The van der Waals surface area contributed by atoms with Gasteiger partial charge < -0.3 is 5.32 Å². The quantitative estimate of drug-likeness (QED) is 0.835. The van der Waals surface area contributed by atoms with Gasteiger partial charge in [-0.3, -0.25) is 4.79 Å². The highest BCUT2D eigenvalue weighted by atomic mass is 32.2. The van der Waals surface area contributed by atoms with Crippen LogP contribution in [-0.4, -0.2) is 38.1 Å². The van der Waals surface area contributed by atoms with Gasteiger partial charge >= 0.3 is 0 Å². The SMILES string of the molecule is O=C(CSc1ccc(F)cc1)NCC1CCS(=O)(=O)C1. The second-order valence-electron chi connectivity index (χ2n) is 4.82. The molecule has 1 aromatic rings. The fraction of sp³-hybridized carbons (Fsp3) is 0.462. The number of rotatable bonds is 5. The van der Waals surface area contributed by atoms with Crippen molar-refractivity contribution in [3.63, 3.8) is 0 Å². The van der Waals surface area contributed by atoms with E-state index in [4.69, 9.17) is 0 Å². The number of thioether (sulfide) groups is 1. The standard InChI is InChI=1S/C13H16FNO3S2/c14-11-1-3-12(4-2-11)19-8-13(16)15-7-10-5-6-20(17,18)9-10/h1-4,10H,5-9H2,(H,15,16). The molecule has 4 nitrogen and oxygen atoms in total. The molecule has 1 fully saturated rings. The summed E-state index contributed by atoms with van der Waals surface area (Å²) in [7, 11) is -2.89. The van der Waals surface area contributed by atoms with E-state index in [2.05, 4.69) is 5.32 Å². The van der Waals surface area contributed by atoms with Gasteiger partial charge in [-0.2, -0.15) is 0 Å². The van der Waals surface area contributed by atoms with Gasteiger partial charge in [-0.05, 0) is 36.6 Å². The zero-order chi connectivity index (χ0) is 14.6. The molecule has 1 N–H and O–H groups in total. The van der Waals surface area contributed by atoms with Crippen molar-refractivity contribution in [1.82, 2.24) is 5.32 Å². The predicted octanol–water partition coefficient (Wildman–Crippen LogP) is 1.47. The van der Waals surface area contributed by atoms with Crippen LogP contribution in [0.1, 0.15) is 6.42 Å². The topological polar surface area (TPSA) is 63.2 Å². The van der Waals surface area contributed by atoms with Crippen molar-refractivity contribution in [2.24, 2.45) is 5.92 Å². The summed E-state index contributed by atoms with van der Waals surface area (Å²) in [4.78, 5) is 12.5. The van der Waals surface area contributed by atoms with Crippen LogP contribution >= 0.6 is 11.8 Å². The number of hydrogen-bond donors (Lipinski definition) is 1. The molecule has 1 amide bonds. The lowest BCUT2D eigenvalue weighted by Gasteiger charge is -2.09. The number of carbonyl (C=O) groups is 1. The molecule has 1 saturated heterocycles. The maximum Gasteiger partial charge on any atom is 0.230 e. The smallest absolute Gasteiger partial charge is 0.230 e. The predicted molar refractivity (Wildman–Crippen MR) is 76.9 cm³/mol. The van der Waals surface area contributed by atoms with E-state index in [-0.39, 0.29) is 34.9 Å². The minimum atomic E-state index is -2.89. The molecule has 1 unspecified atom stereocenters. The number of halogens is 1. The van der Waals surface area contributed by atoms with Crippen molar-refractivity contribution < 1.29 is 17.6 Å². The van der Waals surface area contributed by atoms with E-state index < -0.39 is 9.84 Å². The Hall–Kier alpha value is -1.08. The van der Waals surface area contributed by atoms with Crippen LogP contribution in [0.15, 0.2) is 29.2 Å². The molecular weight excluding hydrogens is 301 g/mol. The summed E-state index contributed by atoms with van der Waals surface area (Å²) in [5.74, 6) is 0.214. The molecule has 7 heteroatoms. The van der Waals surface area contributed by atoms with Gasteiger partial charge in [0.15, 0.2) is 9.84 Å². The Morgan fingerprint density at radius 1 is 1.35 bits per heavy atom. The number of hydrogen-bond acceptors (Lipinski definition) is 4. The third-order valence-corrected chi connectivity index (χ3v) is 5.95. The third-order valence-electron chi connectivity index (χ3n) is 3.10. The minimum Gasteiger partial charge on any atom is -0.355 e. The van der Waals surface area contributed by atoms with Gasteiger partial charge in [0.1, 0.15) is 5.82 Å². The Bertz CT molecular complexity index is 572. The molecule has 0 radical (unpaired) electrons. The van der Waals surface area contributed by atoms with Crippen molar-refractivity contribution >= 4 is 27.5 Å². The molecule has 2 rings (SSSR count). The van der Waals surface area contributed by atoms with E-state index in [9.17, 15) is 17.6 Å². The zero-order valence-corrected chi connectivity index (χ0v) is 12.5. The number of sulfone groups is 1. The zero-order valence-electron chi connectivity index (χ0n) is 10.8. The van der Waals surface area contributed by atoms with Crippen LogP contribution in [0.25, 0.3) is 0 Å². The Kier molecular flexibility index (Phi) is 5.04. The maximum atomic E-state index is 12.7. The van der Waals surface area contributed by atoms with Gasteiger partial charge in [-0.1, -0.05) is 0 Å². The highest BCUT2D eigenvalue weighted by Gasteiger charge is 2.27. The highest BCUT2D eigenvalue weighted by Crippen LogP contribution is 2.19. The summed E-state index contributed by atoms with van der Waals surface area (Å²) in [6.07, 6.45) is 0.619. The molecule has 1 aromatic carbocycles. The number of amides is 1. The first-order valence-corrected chi connectivity index (χ1v) is 9.11. The van der Waals surface area contributed by atoms with Gasteiger partial charge in [-0.25, -0.2) is 12.8 Å². The Balaban J connectivity index is 1.69. The number of carbonyl (C=O) groups excluding carboxylic acids is 1. The van der Waals surface area contributed by atoms with Crippen LogP contribution in [0.4, 0.5) is 4.39 Å². The van der Waals surface area contributed by atoms with Gasteiger partial charge in [-0.15, -0.1) is 11.8 Å². The third kappa shape index (κ3) is 4.79. The largest absolute Gasteiger partial charge is 0.355 e. The van der Waals surface area contributed by atoms with Gasteiger partial charge in [0.2, 0.25) is 5.91 Å². The molecule has 1 aliphatic heterocycles. The van der Waals surface area contributed by atoms with Crippen molar-refractivity contribution in [3.8, 4) is 0 Å². The lowest BCUT2D eigenvalue weighted by molar-refractivity contribution is -0.118. The number of benzene rings is 1. The van der Waals surface area contributed by atoms with Crippen molar-refractivity contribution in [3.05, 3.63) is 30.1 Å². The molecule has 0 aliphatic carbocycles. The van der Waals surface area contributed by atoms with Crippen molar-refractivity contribution in [2.75, 3.05) is 23.8 Å². The van der Waals surface area contributed by atoms with Gasteiger partial charge in [0.05, 0.1) is 17.3 Å². The summed E-state index contributed by atoms with van der Waals surface area (Å²) in [5, 5.41) is 2.75. The van der Waals surface area contributed by atoms with Crippen molar-refractivity contribution in [1.29, 1.82) is 0 Å². The molecule has 20 heavy (non-hydrogen) atoms. The molecule has 1 heterocycles. The highest BCUT2D eigenvalue weighted by molar-refractivity contribution is 8.00. The average molecular weight is 317 g/mol. The molecular formula is C13H16FNO3S2. The fourth-order valence-corrected chi connectivity index (χ4v) is 4.61. The molecule has 110 valence electrons. The Morgan fingerprint density at radius 3 is 2.65 bits per heavy atom. The maximum absolute atomic E-state index is 12.7. The average Bonchev–Trinajstić information content (AvgIpc) is 2.75. The van der Waals surface area contributed by atoms with E-state index in [1.165, 1.54) is 23.9 Å². The summed E-state index contributed by atoms with van der Waals surface area (Å²) in [6, 6.07) is 5.95. The van der Waals surface area contributed by atoms with Crippen LogP contribution in [-0.2, 0) is 14.6 Å². The van der Waals surface area contributed by atoms with Crippen LogP contribution in [0.3, 0.4) is 0 Å². The summed E-state index contributed by atoms with van der Waals surface area (Å²) >= 11 is 1.32. The van der Waals surface area contributed by atoms with Crippen LogP contribution in [0.2, 0.25) is 0 Å². The van der Waals surface area contributed by atoms with E-state index in [1.54, 1.807) is 12.1 Å². The summed E-state index contributed by atoms with van der Waals surface area (Å²) in [5.41, 5.74) is 0. The van der Waals surface area contributed by atoms with Gasteiger partial charge in [0, 0.05) is 11.4 Å². The molecule has 0 bridgehead atoms. The normalized spacial score (nSPS) is 20.8. The summed E-state index contributed by atoms with van der Waals surface area (Å²) < 4.78 is 35.3. The Morgan fingerprint density at radius 2 is 2.05 bits per heavy atom. The Labute approximate surface area is 122 Å². The monoisotopic (exact) mass is 317 g/mol. The number of nitrogens with one attached hydrogen (secondary N) is 1. The minimum absolute atomic E-state index is 0.0276. The van der Waals surface area contributed by atoms with E-state index >= 15 is 0 Å². The first kappa shape index (κ1) is 15.3. The molecule has 0 saturated carbocycles. The van der Waals surface area contributed by atoms with Crippen LogP contribution in [0.5, 0.6) is 0 Å². The second kappa shape index (κ2) is 6.58. The first-order valence-electron chi connectivity index (χ1n) is 6.30. The summed E-state index contributed by atoms with van der Waals surface area (Å²) in [6.45, 7) is 0.405. The first-order chi connectivity index (χ1) is 9.44. The van der Waals surface area contributed by atoms with Gasteiger partial charge in [0.25, 0.3) is 0 Å². The lowest BCUT2D eigenvalue weighted by atomic mass is 10.1. The molecule has 0 spiro atoms. The van der Waals surface area contributed by atoms with E-state index in [0.29, 0.717) is 13.0 Å². The van der Waals surface area contributed by atoms with Crippen LogP contribution < -0.4 is 5.32 Å². The van der Waals surface area contributed by atoms with E-state index in [0.717, 1.165) is 4.90 Å². The molecule has 1 aliphatic rings. The fourth-order valence-electron chi connectivity index (χ4n) is 2.02. The molecule has 1 atom stereocenters. The van der Waals surface area contributed by atoms with Crippen LogP contribution in [0, 0.1) is 11.7 Å².